The number of benzene rings is 2. The molecule has 0 saturated heterocycles. The number of rotatable bonds is 7. The highest BCUT2D eigenvalue weighted by Gasteiger charge is 2.14. The molecule has 0 saturated carbocycles. The lowest BCUT2D eigenvalue weighted by Crippen LogP contribution is -2.33. The van der Waals surface area contributed by atoms with Crippen molar-refractivity contribution in [2.24, 2.45) is 0 Å². The first-order chi connectivity index (χ1) is 15.1. The van der Waals surface area contributed by atoms with Gasteiger partial charge in [-0.2, -0.15) is 0 Å². The minimum Gasteiger partial charge on any atom is -0.486 e. The Morgan fingerprint density at radius 2 is 1.77 bits per heavy atom. The minimum absolute atomic E-state index is 0.0966. The van der Waals surface area contributed by atoms with Crippen LogP contribution in [-0.4, -0.2) is 47.6 Å². The fraction of sp³-hybridized carbons (Fsp3) is 0.333. The van der Waals surface area contributed by atoms with Gasteiger partial charge >= 0.3 is 0 Å². The van der Waals surface area contributed by atoms with Crippen LogP contribution in [0.2, 0.25) is 0 Å². The Labute approximate surface area is 181 Å². The van der Waals surface area contributed by atoms with Crippen LogP contribution >= 0.6 is 0 Å². The summed E-state index contributed by atoms with van der Waals surface area (Å²) in [4.78, 5) is 26.8. The number of anilines is 1. The van der Waals surface area contributed by atoms with Crippen molar-refractivity contribution in [3.63, 3.8) is 0 Å². The molecule has 31 heavy (non-hydrogen) atoms. The molecular formula is C24H27N3O4. The van der Waals surface area contributed by atoms with Crippen LogP contribution in [0, 0.1) is 0 Å². The van der Waals surface area contributed by atoms with E-state index in [0.29, 0.717) is 44.3 Å². The summed E-state index contributed by atoms with van der Waals surface area (Å²) >= 11 is 0. The quantitative estimate of drug-likeness (QED) is 0.634. The van der Waals surface area contributed by atoms with Gasteiger partial charge in [0.1, 0.15) is 19.8 Å². The van der Waals surface area contributed by atoms with Crippen molar-refractivity contribution in [1.29, 1.82) is 0 Å². The Bertz CT molecular complexity index is 1100. The van der Waals surface area contributed by atoms with Gasteiger partial charge in [0.15, 0.2) is 11.5 Å². The van der Waals surface area contributed by atoms with Gasteiger partial charge in [-0.25, -0.2) is 0 Å². The van der Waals surface area contributed by atoms with E-state index < -0.39 is 0 Å². The maximum absolute atomic E-state index is 12.5. The first kappa shape index (κ1) is 20.8. The molecule has 2 heterocycles. The highest BCUT2D eigenvalue weighted by molar-refractivity contribution is 5.95. The van der Waals surface area contributed by atoms with Crippen LogP contribution in [0.25, 0.3) is 10.9 Å². The number of amides is 2. The number of fused-ring (bicyclic) bond motifs is 2. The molecule has 7 heteroatoms. The number of hydrogen-bond acceptors (Lipinski definition) is 4. The summed E-state index contributed by atoms with van der Waals surface area (Å²) in [7, 11) is 0. The third kappa shape index (κ3) is 4.66. The fourth-order valence-electron chi connectivity index (χ4n) is 3.83. The van der Waals surface area contributed by atoms with E-state index in [1.165, 1.54) is 0 Å². The third-order valence-corrected chi connectivity index (χ3v) is 5.45. The van der Waals surface area contributed by atoms with Gasteiger partial charge in [0.25, 0.3) is 0 Å². The smallest absolute Gasteiger partial charge is 0.242 e. The topological polar surface area (TPSA) is 72.8 Å². The van der Waals surface area contributed by atoms with Crippen LogP contribution in [0.15, 0.2) is 48.7 Å². The van der Waals surface area contributed by atoms with E-state index in [4.69, 9.17) is 9.47 Å². The standard InChI is InChI=1S/C24H27N3O4/c1-3-26(4-2)24(29)16-27-10-9-18-15-19(6-7-20(18)27)25-23(28)14-17-5-8-21-22(13-17)31-12-11-30-21/h5-10,13,15H,3-4,11-12,14,16H2,1-2H3,(H,25,28). The Morgan fingerprint density at radius 3 is 2.55 bits per heavy atom. The van der Waals surface area contributed by atoms with Crippen molar-refractivity contribution in [3.8, 4) is 11.5 Å². The summed E-state index contributed by atoms with van der Waals surface area (Å²) in [6.45, 7) is 6.73. The molecule has 0 fully saturated rings. The number of nitrogens with zero attached hydrogens (tertiary/aromatic N) is 2. The Morgan fingerprint density at radius 1 is 1.00 bits per heavy atom. The highest BCUT2D eigenvalue weighted by atomic mass is 16.6. The Kier molecular flexibility index (Phi) is 6.11. The SMILES string of the molecule is CCN(CC)C(=O)Cn1ccc2cc(NC(=O)Cc3ccc4c(c3)OCCO4)ccc21. The van der Waals surface area contributed by atoms with Crippen LogP contribution in [0.3, 0.4) is 0 Å². The average Bonchev–Trinajstić information content (AvgIpc) is 3.16. The summed E-state index contributed by atoms with van der Waals surface area (Å²) in [5.74, 6) is 1.38. The summed E-state index contributed by atoms with van der Waals surface area (Å²) in [6, 6.07) is 13.3. The molecule has 7 nitrogen and oxygen atoms in total. The fourth-order valence-corrected chi connectivity index (χ4v) is 3.83. The molecule has 162 valence electrons. The lowest BCUT2D eigenvalue weighted by molar-refractivity contribution is -0.131. The van der Waals surface area contributed by atoms with Gasteiger partial charge in [0.2, 0.25) is 11.8 Å². The highest BCUT2D eigenvalue weighted by Crippen LogP contribution is 2.31. The van der Waals surface area contributed by atoms with Crippen LogP contribution in [0.5, 0.6) is 11.5 Å². The number of hydrogen-bond donors (Lipinski definition) is 1. The van der Waals surface area contributed by atoms with E-state index in [-0.39, 0.29) is 18.2 Å². The van der Waals surface area contributed by atoms with Crippen molar-refractivity contribution in [2.75, 3.05) is 31.6 Å². The van der Waals surface area contributed by atoms with E-state index in [2.05, 4.69) is 5.32 Å². The van der Waals surface area contributed by atoms with Gasteiger partial charge in [-0.1, -0.05) is 6.07 Å². The number of carbonyl (C=O) groups excluding carboxylic acids is 2. The molecule has 0 spiro atoms. The Hall–Kier alpha value is -3.48. The van der Waals surface area contributed by atoms with Gasteiger partial charge in [-0.3, -0.25) is 9.59 Å². The lowest BCUT2D eigenvalue weighted by atomic mass is 10.1. The van der Waals surface area contributed by atoms with Crippen molar-refractivity contribution in [3.05, 3.63) is 54.2 Å². The molecule has 2 amide bonds. The molecule has 4 rings (SSSR count). The number of carbonyl (C=O) groups is 2. The second-order valence-corrected chi connectivity index (χ2v) is 7.49. The predicted octanol–water partition coefficient (Wildman–Crippen LogP) is 3.46. The zero-order valence-corrected chi connectivity index (χ0v) is 17.9. The average molecular weight is 421 g/mol. The predicted molar refractivity (Wildman–Crippen MR) is 120 cm³/mol. The van der Waals surface area contributed by atoms with Crippen LogP contribution in [0.4, 0.5) is 5.69 Å². The molecule has 0 radical (unpaired) electrons. The van der Waals surface area contributed by atoms with Gasteiger partial charge in [-0.05, 0) is 55.8 Å². The van der Waals surface area contributed by atoms with Crippen molar-refractivity contribution >= 4 is 28.4 Å². The van der Waals surface area contributed by atoms with Gasteiger partial charge in [0.05, 0.1) is 6.42 Å². The zero-order chi connectivity index (χ0) is 21.8. The number of likely N-dealkylation sites (N-methyl/N-ethyl adjacent to an activating group) is 1. The molecule has 0 unspecified atom stereocenters. The summed E-state index contributed by atoms with van der Waals surface area (Å²) in [5, 5.41) is 3.93. The lowest BCUT2D eigenvalue weighted by Gasteiger charge is -2.19. The van der Waals surface area contributed by atoms with E-state index in [0.717, 1.165) is 22.2 Å². The molecule has 2 aromatic carbocycles. The second kappa shape index (κ2) is 9.12. The maximum atomic E-state index is 12.5. The molecule has 1 N–H and O–H groups in total. The molecule has 0 atom stereocenters. The summed E-state index contributed by atoms with van der Waals surface area (Å²) < 4.78 is 13.0. The van der Waals surface area contributed by atoms with E-state index in [1.54, 1.807) is 0 Å². The zero-order valence-electron chi connectivity index (χ0n) is 17.9. The van der Waals surface area contributed by atoms with Gasteiger partial charge < -0.3 is 24.3 Å². The number of ether oxygens (including phenoxy) is 2. The molecule has 1 aliphatic rings. The maximum Gasteiger partial charge on any atom is 0.242 e. The van der Waals surface area contributed by atoms with E-state index >= 15 is 0 Å². The summed E-state index contributed by atoms with van der Waals surface area (Å²) in [6.07, 6.45) is 2.15. The monoisotopic (exact) mass is 421 g/mol. The van der Waals surface area contributed by atoms with Crippen LogP contribution in [-0.2, 0) is 22.6 Å². The van der Waals surface area contributed by atoms with E-state index in [1.807, 2.05) is 72.0 Å². The molecule has 0 bridgehead atoms. The van der Waals surface area contributed by atoms with Crippen LogP contribution < -0.4 is 14.8 Å². The molecule has 1 aliphatic heterocycles. The van der Waals surface area contributed by atoms with Crippen molar-refractivity contribution < 1.29 is 19.1 Å². The first-order valence-corrected chi connectivity index (χ1v) is 10.6. The second-order valence-electron chi connectivity index (χ2n) is 7.49. The van der Waals surface area contributed by atoms with E-state index in [9.17, 15) is 9.59 Å². The third-order valence-electron chi connectivity index (χ3n) is 5.45. The largest absolute Gasteiger partial charge is 0.486 e. The number of nitrogens with one attached hydrogen (secondary N) is 1. The molecule has 1 aromatic heterocycles. The molecule has 3 aromatic rings. The van der Waals surface area contributed by atoms with Gasteiger partial charge in [-0.15, -0.1) is 0 Å². The Balaban J connectivity index is 1.42. The summed E-state index contributed by atoms with van der Waals surface area (Å²) in [5.41, 5.74) is 2.55. The van der Waals surface area contributed by atoms with Gasteiger partial charge in [0, 0.05) is 35.9 Å². The molecule has 0 aliphatic carbocycles. The normalized spacial score (nSPS) is 12.6. The minimum atomic E-state index is -0.104. The van der Waals surface area contributed by atoms with Crippen LogP contribution in [0.1, 0.15) is 19.4 Å². The molecular weight excluding hydrogens is 394 g/mol. The van der Waals surface area contributed by atoms with Crippen molar-refractivity contribution in [2.45, 2.75) is 26.8 Å². The number of aromatic nitrogens is 1. The van der Waals surface area contributed by atoms with Crippen molar-refractivity contribution in [1.82, 2.24) is 9.47 Å². The first-order valence-electron chi connectivity index (χ1n) is 10.6.